The summed E-state index contributed by atoms with van der Waals surface area (Å²) in [7, 11) is 0. The zero-order chi connectivity index (χ0) is 13.9. The maximum absolute atomic E-state index is 5.76. The third kappa shape index (κ3) is 2.91. The Hall–Kier alpha value is -0.880. The van der Waals surface area contributed by atoms with Crippen molar-refractivity contribution in [3.63, 3.8) is 0 Å². The van der Waals surface area contributed by atoms with E-state index in [0.717, 1.165) is 29.0 Å². The number of hydrazine groups is 1. The number of thiophene rings is 1. The van der Waals surface area contributed by atoms with Gasteiger partial charge in [-0.05, 0) is 58.5 Å². The molecule has 3 N–H and O–H groups in total. The third-order valence-electron chi connectivity index (χ3n) is 3.74. The number of halogens is 1. The lowest BCUT2D eigenvalue weighted by atomic mass is 9.87. The van der Waals surface area contributed by atoms with Gasteiger partial charge in [-0.1, -0.05) is 18.2 Å². The van der Waals surface area contributed by atoms with Crippen molar-refractivity contribution in [2.45, 2.75) is 24.8 Å². The Balaban J connectivity index is 1.80. The van der Waals surface area contributed by atoms with Gasteiger partial charge in [0, 0.05) is 4.88 Å². The van der Waals surface area contributed by atoms with E-state index < -0.39 is 0 Å². The molecule has 20 heavy (non-hydrogen) atoms. The van der Waals surface area contributed by atoms with E-state index in [2.05, 4.69) is 45.6 Å². The van der Waals surface area contributed by atoms with Crippen LogP contribution in [-0.4, -0.2) is 6.61 Å². The second-order valence-corrected chi connectivity index (χ2v) is 7.46. The Kier molecular flexibility index (Phi) is 4.41. The van der Waals surface area contributed by atoms with Gasteiger partial charge in [-0.25, -0.2) is 0 Å². The SMILES string of the molecule is NNC(CC1CCOc2ccccc21)c1ccc(Br)s1. The molecule has 3 rings (SSSR count). The van der Waals surface area contributed by atoms with E-state index >= 15 is 0 Å². The third-order valence-corrected chi connectivity index (χ3v) is 5.48. The Morgan fingerprint density at radius 2 is 2.20 bits per heavy atom. The molecule has 0 amide bonds. The first-order valence-corrected chi connectivity index (χ1v) is 8.32. The second kappa shape index (κ2) is 6.26. The number of rotatable bonds is 4. The second-order valence-electron chi connectivity index (χ2n) is 4.97. The minimum Gasteiger partial charge on any atom is -0.493 e. The van der Waals surface area contributed by atoms with Crippen LogP contribution in [0.15, 0.2) is 40.2 Å². The summed E-state index contributed by atoms with van der Waals surface area (Å²) >= 11 is 5.24. The molecule has 0 aliphatic carbocycles. The fourth-order valence-corrected chi connectivity index (χ4v) is 4.22. The monoisotopic (exact) mass is 352 g/mol. The lowest BCUT2D eigenvalue weighted by Gasteiger charge is -2.28. The van der Waals surface area contributed by atoms with Crippen molar-refractivity contribution in [1.82, 2.24) is 5.43 Å². The van der Waals surface area contributed by atoms with Crippen molar-refractivity contribution in [1.29, 1.82) is 0 Å². The molecule has 1 aromatic heterocycles. The van der Waals surface area contributed by atoms with E-state index in [9.17, 15) is 0 Å². The maximum atomic E-state index is 5.76. The van der Waals surface area contributed by atoms with Crippen molar-refractivity contribution < 1.29 is 4.74 Å². The summed E-state index contributed by atoms with van der Waals surface area (Å²) in [5.74, 6) is 7.27. The molecule has 1 aliphatic heterocycles. The minimum atomic E-state index is 0.183. The van der Waals surface area contributed by atoms with E-state index in [1.54, 1.807) is 11.3 Å². The van der Waals surface area contributed by atoms with Crippen LogP contribution in [0.3, 0.4) is 0 Å². The van der Waals surface area contributed by atoms with Crippen LogP contribution < -0.4 is 16.0 Å². The molecule has 0 radical (unpaired) electrons. The van der Waals surface area contributed by atoms with Crippen molar-refractivity contribution >= 4 is 27.3 Å². The van der Waals surface area contributed by atoms with E-state index in [1.165, 1.54) is 10.4 Å². The molecule has 0 fully saturated rings. The van der Waals surface area contributed by atoms with E-state index in [-0.39, 0.29) is 6.04 Å². The van der Waals surface area contributed by atoms with Crippen LogP contribution >= 0.6 is 27.3 Å². The molecule has 0 spiro atoms. The van der Waals surface area contributed by atoms with Gasteiger partial charge in [0.25, 0.3) is 0 Å². The predicted molar refractivity (Wildman–Crippen MR) is 86.0 cm³/mol. The normalized spacial score (nSPS) is 19.2. The van der Waals surface area contributed by atoms with Gasteiger partial charge in [-0.15, -0.1) is 11.3 Å². The smallest absolute Gasteiger partial charge is 0.122 e. The number of nitrogens with two attached hydrogens (primary N) is 1. The number of para-hydroxylation sites is 1. The first-order chi connectivity index (χ1) is 9.78. The molecule has 2 aromatic rings. The van der Waals surface area contributed by atoms with Crippen LogP contribution in [0.2, 0.25) is 0 Å². The van der Waals surface area contributed by atoms with Crippen LogP contribution in [0.4, 0.5) is 0 Å². The molecule has 0 bridgehead atoms. The predicted octanol–water partition coefficient (Wildman–Crippen LogP) is 3.97. The molecule has 1 aromatic carbocycles. The highest BCUT2D eigenvalue weighted by Crippen LogP contribution is 2.40. The number of fused-ring (bicyclic) bond motifs is 1. The molecule has 5 heteroatoms. The summed E-state index contributed by atoms with van der Waals surface area (Å²) in [4.78, 5) is 1.27. The van der Waals surface area contributed by atoms with Crippen LogP contribution in [0.1, 0.15) is 35.2 Å². The van der Waals surface area contributed by atoms with Gasteiger partial charge in [-0.2, -0.15) is 0 Å². The zero-order valence-electron chi connectivity index (χ0n) is 11.0. The lowest BCUT2D eigenvalue weighted by molar-refractivity contribution is 0.255. The lowest BCUT2D eigenvalue weighted by Crippen LogP contribution is -2.29. The maximum Gasteiger partial charge on any atom is 0.122 e. The molecule has 0 saturated heterocycles. The van der Waals surface area contributed by atoms with E-state index in [4.69, 9.17) is 10.6 Å². The molecule has 106 valence electrons. The van der Waals surface area contributed by atoms with Gasteiger partial charge in [0.2, 0.25) is 0 Å². The van der Waals surface area contributed by atoms with Crippen LogP contribution in [0.5, 0.6) is 5.75 Å². The standard InChI is InChI=1S/C15H17BrN2OS/c16-15-6-5-14(20-15)12(18-17)9-10-7-8-19-13-4-2-1-3-11(10)13/h1-6,10,12,18H,7-9,17H2. The molecular formula is C15H17BrN2OS. The number of nitrogens with one attached hydrogen (secondary N) is 1. The van der Waals surface area contributed by atoms with Crippen molar-refractivity contribution in [2.75, 3.05) is 6.61 Å². The fourth-order valence-electron chi connectivity index (χ4n) is 2.73. The first-order valence-electron chi connectivity index (χ1n) is 6.71. The highest BCUT2D eigenvalue weighted by molar-refractivity contribution is 9.11. The number of hydrogen-bond donors (Lipinski definition) is 2. The summed E-state index contributed by atoms with van der Waals surface area (Å²) < 4.78 is 6.86. The quantitative estimate of drug-likeness (QED) is 0.646. The van der Waals surface area contributed by atoms with Gasteiger partial charge in [0.1, 0.15) is 5.75 Å². The minimum absolute atomic E-state index is 0.183. The fraction of sp³-hybridized carbons (Fsp3) is 0.333. The van der Waals surface area contributed by atoms with Crippen LogP contribution in [0.25, 0.3) is 0 Å². The summed E-state index contributed by atoms with van der Waals surface area (Å²) in [6.07, 6.45) is 2.03. The highest BCUT2D eigenvalue weighted by atomic mass is 79.9. The first kappa shape index (κ1) is 14.1. The molecule has 2 atom stereocenters. The molecular weight excluding hydrogens is 336 g/mol. The Bertz CT molecular complexity index is 587. The summed E-state index contributed by atoms with van der Waals surface area (Å²) in [6, 6.07) is 12.7. The summed E-state index contributed by atoms with van der Waals surface area (Å²) in [5.41, 5.74) is 4.26. The largest absolute Gasteiger partial charge is 0.493 e. The molecule has 1 aliphatic rings. The Morgan fingerprint density at radius 1 is 1.35 bits per heavy atom. The zero-order valence-corrected chi connectivity index (χ0v) is 13.4. The molecule has 3 nitrogen and oxygen atoms in total. The Labute approximate surface area is 131 Å². The van der Waals surface area contributed by atoms with Crippen molar-refractivity contribution in [2.24, 2.45) is 5.84 Å². The van der Waals surface area contributed by atoms with Gasteiger partial charge >= 0.3 is 0 Å². The van der Waals surface area contributed by atoms with E-state index in [1.807, 2.05) is 12.1 Å². The van der Waals surface area contributed by atoms with Gasteiger partial charge in [-0.3, -0.25) is 11.3 Å². The number of hydrogen-bond acceptors (Lipinski definition) is 4. The van der Waals surface area contributed by atoms with Crippen molar-refractivity contribution in [3.05, 3.63) is 50.6 Å². The van der Waals surface area contributed by atoms with Gasteiger partial charge in [0.05, 0.1) is 16.4 Å². The van der Waals surface area contributed by atoms with Gasteiger partial charge in [0.15, 0.2) is 0 Å². The van der Waals surface area contributed by atoms with Crippen LogP contribution in [0, 0.1) is 0 Å². The average molecular weight is 353 g/mol. The molecule has 2 unspecified atom stereocenters. The van der Waals surface area contributed by atoms with Crippen molar-refractivity contribution in [3.8, 4) is 5.75 Å². The number of ether oxygens (including phenoxy) is 1. The topological polar surface area (TPSA) is 47.3 Å². The molecule has 0 saturated carbocycles. The van der Waals surface area contributed by atoms with Gasteiger partial charge < -0.3 is 4.74 Å². The Morgan fingerprint density at radius 3 is 2.95 bits per heavy atom. The van der Waals surface area contributed by atoms with Crippen LogP contribution in [-0.2, 0) is 0 Å². The summed E-state index contributed by atoms with van der Waals surface area (Å²) in [6.45, 7) is 0.785. The van der Waals surface area contributed by atoms with E-state index in [0.29, 0.717) is 5.92 Å². The number of benzene rings is 1. The highest BCUT2D eigenvalue weighted by Gasteiger charge is 2.25. The average Bonchev–Trinajstić information content (AvgIpc) is 2.91. The summed E-state index contributed by atoms with van der Waals surface area (Å²) in [5, 5.41) is 0. The molecule has 2 heterocycles.